The predicted molar refractivity (Wildman–Crippen MR) is 105 cm³/mol. The quantitative estimate of drug-likeness (QED) is 0.438. The van der Waals surface area contributed by atoms with Gasteiger partial charge in [0.15, 0.2) is 23.9 Å². The minimum atomic E-state index is -0.660. The van der Waals surface area contributed by atoms with Crippen LogP contribution in [0.2, 0.25) is 10.0 Å². The fourth-order valence-electron chi connectivity index (χ4n) is 2.38. The number of halogens is 2. The van der Waals surface area contributed by atoms with Gasteiger partial charge in [-0.3, -0.25) is 14.4 Å². The van der Waals surface area contributed by atoms with E-state index in [9.17, 15) is 14.4 Å². The first-order chi connectivity index (χ1) is 13.3. The van der Waals surface area contributed by atoms with Crippen LogP contribution >= 0.6 is 23.2 Å². The van der Waals surface area contributed by atoms with Crippen LogP contribution in [0.25, 0.3) is 0 Å². The Bertz CT molecular complexity index is 894. The van der Waals surface area contributed by atoms with Gasteiger partial charge in [-0.05, 0) is 36.4 Å². The Morgan fingerprint density at radius 2 is 1.57 bits per heavy atom. The monoisotopic (exact) mass is 424 g/mol. The van der Waals surface area contributed by atoms with Crippen LogP contribution in [0.5, 0.6) is 11.5 Å². The number of methoxy groups -OCH3 is 2. The minimum absolute atomic E-state index is 0.0653. The number of carbonyl (C=O) groups is 3. The summed E-state index contributed by atoms with van der Waals surface area (Å²) in [6, 6.07) is 9.14. The second kappa shape index (κ2) is 10.1. The number of ether oxygens (including phenoxy) is 3. The Kier molecular flexibility index (Phi) is 7.84. The molecule has 8 heteroatoms. The van der Waals surface area contributed by atoms with E-state index in [-0.39, 0.29) is 29.2 Å². The van der Waals surface area contributed by atoms with Crippen molar-refractivity contribution in [3.8, 4) is 11.5 Å². The number of carbonyl (C=O) groups excluding carboxylic acids is 3. The maximum Gasteiger partial charge on any atom is 0.306 e. The van der Waals surface area contributed by atoms with Gasteiger partial charge in [-0.1, -0.05) is 23.2 Å². The van der Waals surface area contributed by atoms with Crippen LogP contribution in [-0.4, -0.2) is 38.4 Å². The van der Waals surface area contributed by atoms with Crippen molar-refractivity contribution in [2.45, 2.75) is 12.8 Å². The van der Waals surface area contributed by atoms with Crippen LogP contribution in [0.4, 0.5) is 0 Å². The highest BCUT2D eigenvalue weighted by atomic mass is 35.5. The van der Waals surface area contributed by atoms with Crippen molar-refractivity contribution in [1.29, 1.82) is 0 Å². The average Bonchev–Trinajstić information content (AvgIpc) is 2.69. The SMILES string of the molecule is COc1ccc(C(=O)CCC(=O)OCC(=O)c2ccc(Cl)cc2Cl)cc1OC. The van der Waals surface area contributed by atoms with E-state index in [1.54, 1.807) is 18.2 Å². The summed E-state index contributed by atoms with van der Waals surface area (Å²) in [5.41, 5.74) is 0.592. The first-order valence-corrected chi connectivity index (χ1v) is 9.00. The van der Waals surface area contributed by atoms with Crippen molar-refractivity contribution < 1.29 is 28.6 Å². The standard InChI is InChI=1S/C20H18Cl2O6/c1-26-18-7-3-12(9-19(18)27-2)16(23)6-8-20(25)28-11-17(24)14-5-4-13(21)10-15(14)22/h3-5,7,9-10H,6,8,11H2,1-2H3. The largest absolute Gasteiger partial charge is 0.493 e. The van der Waals surface area contributed by atoms with Crippen molar-refractivity contribution >= 4 is 40.7 Å². The normalized spacial score (nSPS) is 10.3. The number of Topliss-reactive ketones (excluding diaryl/α,β-unsaturated/α-hetero) is 2. The van der Waals surface area contributed by atoms with Crippen molar-refractivity contribution in [1.82, 2.24) is 0 Å². The smallest absolute Gasteiger partial charge is 0.306 e. The van der Waals surface area contributed by atoms with Gasteiger partial charge in [-0.15, -0.1) is 0 Å². The molecule has 28 heavy (non-hydrogen) atoms. The maximum atomic E-state index is 12.3. The maximum absolute atomic E-state index is 12.3. The second-order valence-electron chi connectivity index (χ2n) is 5.70. The van der Waals surface area contributed by atoms with E-state index in [0.29, 0.717) is 22.1 Å². The molecular weight excluding hydrogens is 407 g/mol. The van der Waals surface area contributed by atoms with Crippen molar-refractivity contribution in [2.24, 2.45) is 0 Å². The van der Waals surface area contributed by atoms with Gasteiger partial charge in [0, 0.05) is 22.6 Å². The summed E-state index contributed by atoms with van der Waals surface area (Å²) in [4.78, 5) is 36.2. The molecule has 0 radical (unpaired) electrons. The van der Waals surface area contributed by atoms with Gasteiger partial charge in [0.25, 0.3) is 0 Å². The number of benzene rings is 2. The van der Waals surface area contributed by atoms with E-state index in [4.69, 9.17) is 37.4 Å². The molecule has 0 fully saturated rings. The third kappa shape index (κ3) is 5.71. The van der Waals surface area contributed by atoms with E-state index in [0.717, 1.165) is 0 Å². The van der Waals surface area contributed by atoms with Crippen LogP contribution in [-0.2, 0) is 9.53 Å². The van der Waals surface area contributed by atoms with Crippen molar-refractivity contribution in [3.63, 3.8) is 0 Å². The molecule has 2 aromatic carbocycles. The Morgan fingerprint density at radius 1 is 0.857 bits per heavy atom. The first kappa shape index (κ1) is 21.7. The molecule has 0 saturated heterocycles. The van der Waals surface area contributed by atoms with E-state index in [2.05, 4.69) is 0 Å². The van der Waals surface area contributed by atoms with E-state index in [1.165, 1.54) is 32.4 Å². The molecule has 148 valence electrons. The number of ketones is 2. The third-order valence-electron chi connectivity index (χ3n) is 3.86. The molecule has 0 spiro atoms. The summed E-state index contributed by atoms with van der Waals surface area (Å²) < 4.78 is 15.2. The Morgan fingerprint density at radius 3 is 2.21 bits per heavy atom. The molecule has 0 aromatic heterocycles. The summed E-state index contributed by atoms with van der Waals surface area (Å²) in [6.07, 6.45) is -0.223. The highest BCUT2D eigenvalue weighted by Gasteiger charge is 2.16. The zero-order valence-electron chi connectivity index (χ0n) is 15.3. The van der Waals surface area contributed by atoms with Crippen molar-refractivity contribution in [3.05, 3.63) is 57.6 Å². The zero-order chi connectivity index (χ0) is 20.7. The molecule has 0 unspecified atom stereocenters. The third-order valence-corrected chi connectivity index (χ3v) is 4.41. The minimum Gasteiger partial charge on any atom is -0.493 e. The predicted octanol–water partition coefficient (Wildman–Crippen LogP) is 4.40. The van der Waals surface area contributed by atoms with Gasteiger partial charge >= 0.3 is 5.97 Å². The van der Waals surface area contributed by atoms with Crippen LogP contribution in [0.1, 0.15) is 33.6 Å². The van der Waals surface area contributed by atoms with Crippen LogP contribution in [0.15, 0.2) is 36.4 Å². The first-order valence-electron chi connectivity index (χ1n) is 8.24. The lowest BCUT2D eigenvalue weighted by atomic mass is 10.1. The lowest BCUT2D eigenvalue weighted by molar-refractivity contribution is -0.142. The van der Waals surface area contributed by atoms with Gasteiger partial charge in [-0.2, -0.15) is 0 Å². The summed E-state index contributed by atoms with van der Waals surface area (Å²) in [5, 5.41) is 0.574. The Hall–Kier alpha value is -2.57. The van der Waals surface area contributed by atoms with Crippen LogP contribution in [0.3, 0.4) is 0 Å². The molecule has 2 aromatic rings. The van der Waals surface area contributed by atoms with Gasteiger partial charge in [0.2, 0.25) is 5.78 Å². The molecule has 2 rings (SSSR count). The molecule has 0 aliphatic rings. The van der Waals surface area contributed by atoms with Crippen LogP contribution < -0.4 is 9.47 Å². The number of hydrogen-bond acceptors (Lipinski definition) is 6. The molecule has 0 aliphatic carbocycles. The average molecular weight is 425 g/mol. The molecule has 0 bridgehead atoms. The summed E-state index contributed by atoms with van der Waals surface area (Å²) in [7, 11) is 2.96. The molecule has 0 saturated carbocycles. The van der Waals surface area contributed by atoms with Gasteiger partial charge < -0.3 is 14.2 Å². The fraction of sp³-hybridized carbons (Fsp3) is 0.250. The number of hydrogen-bond donors (Lipinski definition) is 0. The highest BCUT2D eigenvalue weighted by molar-refractivity contribution is 6.36. The summed E-state index contributed by atoms with van der Waals surface area (Å²) in [6.45, 7) is -0.468. The van der Waals surface area contributed by atoms with Gasteiger partial charge in [0.05, 0.1) is 25.7 Å². The van der Waals surface area contributed by atoms with E-state index in [1.807, 2.05) is 0 Å². The molecule has 0 heterocycles. The zero-order valence-corrected chi connectivity index (χ0v) is 16.8. The molecular formula is C20H18Cl2O6. The number of rotatable bonds is 9. The summed E-state index contributed by atoms with van der Waals surface area (Å²) >= 11 is 11.7. The molecule has 0 N–H and O–H groups in total. The van der Waals surface area contributed by atoms with Crippen LogP contribution in [0, 0.1) is 0 Å². The van der Waals surface area contributed by atoms with E-state index >= 15 is 0 Å². The Balaban J connectivity index is 1.86. The van der Waals surface area contributed by atoms with E-state index < -0.39 is 18.4 Å². The summed E-state index contributed by atoms with van der Waals surface area (Å²) in [5.74, 6) is -0.460. The fourth-order valence-corrected chi connectivity index (χ4v) is 2.90. The van der Waals surface area contributed by atoms with Gasteiger partial charge in [0.1, 0.15) is 0 Å². The highest BCUT2D eigenvalue weighted by Crippen LogP contribution is 2.28. The molecule has 0 amide bonds. The topological polar surface area (TPSA) is 78.9 Å². The second-order valence-corrected chi connectivity index (χ2v) is 6.54. The Labute approximate surface area is 172 Å². The lowest BCUT2D eigenvalue weighted by Crippen LogP contribution is -2.15. The van der Waals surface area contributed by atoms with Gasteiger partial charge in [-0.25, -0.2) is 0 Å². The molecule has 0 atom stereocenters. The molecule has 6 nitrogen and oxygen atoms in total. The van der Waals surface area contributed by atoms with Crippen molar-refractivity contribution in [2.75, 3.05) is 20.8 Å². The lowest BCUT2D eigenvalue weighted by Gasteiger charge is -2.09. The number of esters is 1. The molecule has 0 aliphatic heterocycles.